The Bertz CT molecular complexity index is 68.3. The van der Waals surface area contributed by atoms with Crippen molar-refractivity contribution in [2.45, 2.75) is 13.3 Å². The Morgan fingerprint density at radius 2 is 2.33 bits per heavy atom. The lowest BCUT2D eigenvalue weighted by atomic mass is 10.4. The first-order valence-corrected chi connectivity index (χ1v) is 2.35. The van der Waals surface area contributed by atoms with Gasteiger partial charge in [-0.15, -0.1) is 0 Å². The molecule has 0 aromatic rings. The third-order valence-electron chi connectivity index (χ3n) is 1.39. The molecule has 0 aromatic carbocycles. The lowest BCUT2D eigenvalue weighted by Gasteiger charge is -1.70. The molecule has 1 unspecified atom stereocenters. The molecule has 0 bridgehead atoms. The first kappa shape index (κ1) is 3.85. The normalized spacial score (nSPS) is 42.2. The fourth-order valence-electron chi connectivity index (χ4n) is 0.583. The van der Waals surface area contributed by atoms with Gasteiger partial charge in [0.2, 0.25) is 0 Å². The second-order valence-corrected chi connectivity index (χ2v) is 2.04. The van der Waals surface area contributed by atoms with Gasteiger partial charge in [-0.25, -0.2) is 0 Å². The first-order chi connectivity index (χ1) is 2.84. The molecule has 1 N–H and O–H groups in total. The Kier molecular flexibility index (Phi) is 0.685. The highest BCUT2D eigenvalue weighted by molar-refractivity contribution is 5.60. The highest BCUT2D eigenvalue weighted by Gasteiger charge is 2.29. The smallest absolute Gasteiger partial charge is 0.00140 e. The zero-order chi connectivity index (χ0) is 4.57. The van der Waals surface area contributed by atoms with Crippen molar-refractivity contribution in [2.75, 3.05) is 0 Å². The van der Waals surface area contributed by atoms with E-state index in [-0.39, 0.29) is 0 Å². The van der Waals surface area contributed by atoms with Crippen LogP contribution in [0.25, 0.3) is 0 Å². The Hall–Kier alpha value is -0.330. The van der Waals surface area contributed by atoms with Crippen molar-refractivity contribution in [3.8, 4) is 0 Å². The largest absolute Gasteiger partial charge is 0.313 e. The summed E-state index contributed by atoms with van der Waals surface area (Å²) in [6.45, 7) is 2.18. The molecule has 6 heavy (non-hydrogen) atoms. The molecular formula is C5H9N. The molecule has 0 aromatic heterocycles. The van der Waals surface area contributed by atoms with Gasteiger partial charge in [0.05, 0.1) is 0 Å². The highest BCUT2D eigenvalue weighted by Crippen LogP contribution is 2.35. The minimum Gasteiger partial charge on any atom is -0.313 e. The topological polar surface area (TPSA) is 23.9 Å². The minimum absolute atomic E-state index is 0.644. The van der Waals surface area contributed by atoms with Crippen LogP contribution < -0.4 is 0 Å². The molecular weight excluding hydrogens is 74.1 g/mol. The molecule has 1 aliphatic rings. The fourth-order valence-corrected chi connectivity index (χ4v) is 0.583. The Morgan fingerprint density at radius 1 is 1.83 bits per heavy atom. The van der Waals surface area contributed by atoms with Crippen LogP contribution >= 0.6 is 0 Å². The average Bonchev–Trinajstić information content (AvgIpc) is 2.19. The van der Waals surface area contributed by atoms with E-state index in [1.54, 1.807) is 6.21 Å². The van der Waals surface area contributed by atoms with E-state index < -0.39 is 0 Å². The van der Waals surface area contributed by atoms with E-state index in [0.717, 1.165) is 5.92 Å². The molecule has 1 aliphatic carbocycles. The van der Waals surface area contributed by atoms with Crippen molar-refractivity contribution in [1.82, 2.24) is 0 Å². The third kappa shape index (κ3) is 0.445. The van der Waals surface area contributed by atoms with Crippen LogP contribution in [0.15, 0.2) is 0 Å². The monoisotopic (exact) mass is 83.1 g/mol. The van der Waals surface area contributed by atoms with E-state index in [1.807, 2.05) is 0 Å². The molecule has 0 heterocycles. The molecule has 34 valence electrons. The summed E-state index contributed by atoms with van der Waals surface area (Å²) in [7, 11) is 0. The van der Waals surface area contributed by atoms with Crippen LogP contribution in [0.2, 0.25) is 0 Å². The molecule has 0 radical (unpaired) electrons. The van der Waals surface area contributed by atoms with Gasteiger partial charge in [0.15, 0.2) is 0 Å². The van der Waals surface area contributed by atoms with E-state index in [1.165, 1.54) is 6.42 Å². The zero-order valence-corrected chi connectivity index (χ0v) is 3.94. The maximum atomic E-state index is 6.73. The van der Waals surface area contributed by atoms with Crippen LogP contribution in [-0.4, -0.2) is 6.21 Å². The molecule has 1 fully saturated rings. The predicted molar refractivity (Wildman–Crippen MR) is 26.1 cm³/mol. The van der Waals surface area contributed by atoms with Crippen LogP contribution in [0, 0.1) is 17.2 Å². The summed E-state index contributed by atoms with van der Waals surface area (Å²) in [5.41, 5.74) is 0. The van der Waals surface area contributed by atoms with E-state index in [0.29, 0.717) is 5.92 Å². The molecule has 1 heteroatoms. The number of hydrogen-bond acceptors (Lipinski definition) is 1. The van der Waals surface area contributed by atoms with Crippen molar-refractivity contribution in [3.63, 3.8) is 0 Å². The zero-order valence-electron chi connectivity index (χ0n) is 3.94. The van der Waals surface area contributed by atoms with Crippen LogP contribution in [0.3, 0.4) is 0 Å². The fraction of sp³-hybridized carbons (Fsp3) is 0.800. The number of nitrogens with one attached hydrogen (secondary N) is 1. The average molecular weight is 83.1 g/mol. The van der Waals surface area contributed by atoms with Crippen LogP contribution in [-0.2, 0) is 0 Å². The van der Waals surface area contributed by atoms with E-state index in [4.69, 9.17) is 5.41 Å². The quantitative estimate of drug-likeness (QED) is 0.462. The van der Waals surface area contributed by atoms with Gasteiger partial charge in [0.1, 0.15) is 0 Å². The van der Waals surface area contributed by atoms with Gasteiger partial charge < -0.3 is 5.41 Å². The second-order valence-electron chi connectivity index (χ2n) is 2.04. The first-order valence-electron chi connectivity index (χ1n) is 2.35. The van der Waals surface area contributed by atoms with Gasteiger partial charge in [-0.1, -0.05) is 6.92 Å². The van der Waals surface area contributed by atoms with E-state index in [9.17, 15) is 0 Å². The summed E-state index contributed by atoms with van der Waals surface area (Å²) >= 11 is 0. The molecule has 1 nitrogen and oxygen atoms in total. The molecule has 1 saturated carbocycles. The number of hydrogen-bond donors (Lipinski definition) is 1. The maximum absolute atomic E-state index is 6.73. The molecule has 1 rings (SSSR count). The lowest BCUT2D eigenvalue weighted by Crippen LogP contribution is -1.72. The lowest BCUT2D eigenvalue weighted by molar-refractivity contribution is 0.932. The minimum atomic E-state index is 0.644. The van der Waals surface area contributed by atoms with E-state index in [2.05, 4.69) is 6.92 Å². The second kappa shape index (κ2) is 1.07. The Labute approximate surface area is 37.9 Å². The molecule has 0 aliphatic heterocycles. The predicted octanol–water partition coefficient (Wildman–Crippen LogP) is 1.29. The summed E-state index contributed by atoms with van der Waals surface area (Å²) in [5, 5.41) is 6.73. The van der Waals surface area contributed by atoms with E-state index >= 15 is 0 Å². The summed E-state index contributed by atoms with van der Waals surface area (Å²) in [5.74, 6) is 1.47. The molecule has 2 atom stereocenters. The summed E-state index contributed by atoms with van der Waals surface area (Å²) in [6.07, 6.45) is 2.80. The van der Waals surface area contributed by atoms with Crippen molar-refractivity contribution in [2.24, 2.45) is 11.8 Å². The van der Waals surface area contributed by atoms with Crippen molar-refractivity contribution < 1.29 is 0 Å². The summed E-state index contributed by atoms with van der Waals surface area (Å²) in [6, 6.07) is 0. The van der Waals surface area contributed by atoms with Crippen LogP contribution in [0.4, 0.5) is 0 Å². The van der Waals surface area contributed by atoms with Crippen LogP contribution in [0.1, 0.15) is 13.3 Å². The van der Waals surface area contributed by atoms with Crippen molar-refractivity contribution >= 4 is 6.21 Å². The Morgan fingerprint density at radius 3 is 2.33 bits per heavy atom. The summed E-state index contributed by atoms with van der Waals surface area (Å²) in [4.78, 5) is 0. The SMILES string of the molecule is C[C@H]1CC1C=N. The Balaban J connectivity index is 2.25. The molecule has 0 spiro atoms. The van der Waals surface area contributed by atoms with Gasteiger partial charge in [0, 0.05) is 0 Å². The number of rotatable bonds is 1. The van der Waals surface area contributed by atoms with Gasteiger partial charge in [-0.2, -0.15) is 0 Å². The van der Waals surface area contributed by atoms with Gasteiger partial charge in [-0.3, -0.25) is 0 Å². The van der Waals surface area contributed by atoms with Gasteiger partial charge >= 0.3 is 0 Å². The third-order valence-corrected chi connectivity index (χ3v) is 1.39. The summed E-state index contributed by atoms with van der Waals surface area (Å²) < 4.78 is 0. The van der Waals surface area contributed by atoms with Crippen molar-refractivity contribution in [3.05, 3.63) is 0 Å². The maximum Gasteiger partial charge on any atom is -0.00140 e. The van der Waals surface area contributed by atoms with Crippen molar-refractivity contribution in [1.29, 1.82) is 5.41 Å². The molecule has 0 amide bonds. The standard InChI is InChI=1S/C5H9N/c1-4-2-5(4)3-6/h3-6H,2H2,1H3/t4-,5?/m0/s1. The molecule has 0 saturated heterocycles. The van der Waals surface area contributed by atoms with Crippen LogP contribution in [0.5, 0.6) is 0 Å². The highest BCUT2D eigenvalue weighted by atomic mass is 14.4. The van der Waals surface area contributed by atoms with Gasteiger partial charge in [0.25, 0.3) is 0 Å². The van der Waals surface area contributed by atoms with Gasteiger partial charge in [-0.05, 0) is 24.5 Å².